The van der Waals surface area contributed by atoms with Crippen molar-refractivity contribution in [1.29, 1.82) is 0 Å². The van der Waals surface area contributed by atoms with Crippen LogP contribution in [0.3, 0.4) is 0 Å². The molecule has 0 aliphatic carbocycles. The number of hydrogen-bond donors (Lipinski definition) is 1. The van der Waals surface area contributed by atoms with Crippen molar-refractivity contribution >= 4 is 15.7 Å². The van der Waals surface area contributed by atoms with E-state index in [1.54, 1.807) is 0 Å². The lowest BCUT2D eigenvalue weighted by molar-refractivity contribution is 0.400. The predicted molar refractivity (Wildman–Crippen MR) is 66.1 cm³/mol. The minimum atomic E-state index is -3.65. The average molecular weight is 254 g/mol. The van der Waals surface area contributed by atoms with Gasteiger partial charge in [0.1, 0.15) is 10.6 Å². The highest BCUT2D eigenvalue weighted by atomic mass is 32.2. The first-order valence-electron chi connectivity index (χ1n) is 4.76. The molecule has 2 N–H and O–H groups in total. The van der Waals surface area contributed by atoms with Crippen molar-refractivity contribution < 1.29 is 13.2 Å². The zero-order valence-electron chi connectivity index (χ0n) is 9.67. The number of nitrogen functional groups attached to an aromatic ring is 1. The van der Waals surface area contributed by atoms with Crippen molar-refractivity contribution in [2.45, 2.75) is 4.90 Å². The molecular weight excluding hydrogens is 240 g/mol. The van der Waals surface area contributed by atoms with Crippen LogP contribution in [0.15, 0.2) is 23.1 Å². The first kappa shape index (κ1) is 13.4. The van der Waals surface area contributed by atoms with Crippen LogP contribution in [0.2, 0.25) is 0 Å². The number of rotatable bonds is 4. The molecule has 0 radical (unpaired) electrons. The minimum absolute atomic E-state index is 0.00410. The van der Waals surface area contributed by atoms with Crippen LogP contribution in [0.1, 0.15) is 0 Å². The Labute approximate surface area is 101 Å². The average Bonchev–Trinajstić information content (AvgIpc) is 2.28. The number of anilines is 1. The van der Waals surface area contributed by atoms with Crippen molar-refractivity contribution in [2.75, 3.05) is 26.4 Å². The Bertz CT molecular complexity index is 546. The third-order valence-corrected chi connectivity index (χ3v) is 4.03. The van der Waals surface area contributed by atoms with Crippen molar-refractivity contribution in [2.24, 2.45) is 0 Å². The maximum absolute atomic E-state index is 12.1. The molecule has 0 heterocycles. The molecular formula is C11H14N2O3S. The summed E-state index contributed by atoms with van der Waals surface area (Å²) in [7, 11) is -0.859. The normalized spacial score (nSPS) is 11.2. The van der Waals surface area contributed by atoms with Gasteiger partial charge in [0, 0.05) is 18.8 Å². The van der Waals surface area contributed by atoms with Crippen molar-refractivity contribution in [3.8, 4) is 18.1 Å². The molecule has 0 spiro atoms. The molecule has 1 rings (SSSR count). The molecule has 5 nitrogen and oxygen atoms in total. The molecule has 1 aromatic rings. The van der Waals surface area contributed by atoms with Gasteiger partial charge < -0.3 is 10.5 Å². The van der Waals surface area contributed by atoms with E-state index in [2.05, 4.69) is 5.92 Å². The van der Waals surface area contributed by atoms with Gasteiger partial charge in [-0.15, -0.1) is 6.42 Å². The van der Waals surface area contributed by atoms with Gasteiger partial charge in [-0.05, 0) is 12.1 Å². The van der Waals surface area contributed by atoms with Crippen LogP contribution in [0, 0.1) is 12.3 Å². The maximum atomic E-state index is 12.1. The molecule has 17 heavy (non-hydrogen) atoms. The summed E-state index contributed by atoms with van der Waals surface area (Å²) in [4.78, 5) is 0.0481. The van der Waals surface area contributed by atoms with Gasteiger partial charge in [-0.1, -0.05) is 5.92 Å². The summed E-state index contributed by atoms with van der Waals surface area (Å²) < 4.78 is 30.3. The highest BCUT2D eigenvalue weighted by Gasteiger charge is 2.24. The van der Waals surface area contributed by atoms with E-state index in [9.17, 15) is 8.42 Å². The first-order valence-corrected chi connectivity index (χ1v) is 6.20. The van der Waals surface area contributed by atoms with E-state index in [1.807, 2.05) is 0 Å². The highest BCUT2D eigenvalue weighted by Crippen LogP contribution is 2.27. The Balaban J connectivity index is 3.29. The Morgan fingerprint density at radius 3 is 2.71 bits per heavy atom. The number of terminal acetylenes is 1. The summed E-state index contributed by atoms with van der Waals surface area (Å²) in [5.41, 5.74) is 5.99. The zero-order chi connectivity index (χ0) is 13.1. The number of sulfonamides is 1. The molecule has 0 fully saturated rings. The largest absolute Gasteiger partial charge is 0.495 e. The number of ether oxygens (including phenoxy) is 1. The summed E-state index contributed by atoms with van der Waals surface area (Å²) in [6.07, 6.45) is 5.09. The van der Waals surface area contributed by atoms with Gasteiger partial charge in [-0.3, -0.25) is 0 Å². The van der Waals surface area contributed by atoms with Gasteiger partial charge >= 0.3 is 0 Å². The fourth-order valence-electron chi connectivity index (χ4n) is 1.28. The van der Waals surface area contributed by atoms with Crippen LogP contribution < -0.4 is 10.5 Å². The van der Waals surface area contributed by atoms with Crippen LogP contribution in [-0.4, -0.2) is 33.4 Å². The van der Waals surface area contributed by atoms with Crippen LogP contribution in [0.25, 0.3) is 0 Å². The standard InChI is InChI=1S/C11H14N2O3S/c1-4-7-13(2)17(14,15)11-6-5-9(12)8-10(11)16-3/h1,5-6,8H,7,12H2,2-3H3. The molecule has 92 valence electrons. The van der Waals surface area contributed by atoms with Gasteiger partial charge in [0.15, 0.2) is 0 Å². The Morgan fingerprint density at radius 1 is 1.53 bits per heavy atom. The van der Waals surface area contributed by atoms with E-state index >= 15 is 0 Å². The molecule has 0 aliphatic heterocycles. The lowest BCUT2D eigenvalue weighted by Crippen LogP contribution is -2.27. The molecule has 0 atom stereocenters. The fraction of sp³-hybridized carbons (Fsp3) is 0.273. The van der Waals surface area contributed by atoms with E-state index < -0.39 is 10.0 Å². The van der Waals surface area contributed by atoms with Crippen molar-refractivity contribution in [3.63, 3.8) is 0 Å². The van der Waals surface area contributed by atoms with Crippen LogP contribution in [0.4, 0.5) is 5.69 Å². The maximum Gasteiger partial charge on any atom is 0.247 e. The Morgan fingerprint density at radius 2 is 2.18 bits per heavy atom. The SMILES string of the molecule is C#CCN(C)S(=O)(=O)c1ccc(N)cc1OC. The fourth-order valence-corrected chi connectivity index (χ4v) is 2.50. The lowest BCUT2D eigenvalue weighted by Gasteiger charge is -2.16. The zero-order valence-corrected chi connectivity index (χ0v) is 10.5. The molecule has 0 saturated carbocycles. The molecule has 0 amide bonds. The van der Waals surface area contributed by atoms with E-state index in [-0.39, 0.29) is 17.2 Å². The van der Waals surface area contributed by atoms with Crippen LogP contribution in [0.5, 0.6) is 5.75 Å². The molecule has 0 aliphatic rings. The van der Waals surface area contributed by atoms with Crippen LogP contribution >= 0.6 is 0 Å². The second kappa shape index (κ2) is 5.08. The van der Waals surface area contributed by atoms with Gasteiger partial charge in [0.25, 0.3) is 0 Å². The third kappa shape index (κ3) is 2.70. The van der Waals surface area contributed by atoms with Crippen molar-refractivity contribution in [3.05, 3.63) is 18.2 Å². The second-order valence-electron chi connectivity index (χ2n) is 3.38. The lowest BCUT2D eigenvalue weighted by atomic mass is 10.3. The van der Waals surface area contributed by atoms with E-state index in [4.69, 9.17) is 16.9 Å². The molecule has 0 saturated heterocycles. The number of benzene rings is 1. The molecule has 0 aromatic heterocycles. The summed E-state index contributed by atoms with van der Waals surface area (Å²) in [6.45, 7) is -0.00410. The molecule has 1 aromatic carbocycles. The highest BCUT2D eigenvalue weighted by molar-refractivity contribution is 7.89. The number of nitrogens with two attached hydrogens (primary N) is 1. The predicted octanol–water partition coefficient (Wildman–Crippen LogP) is 0.531. The second-order valence-corrected chi connectivity index (χ2v) is 5.39. The monoisotopic (exact) mass is 254 g/mol. The van der Waals surface area contributed by atoms with Gasteiger partial charge in [-0.2, -0.15) is 4.31 Å². The molecule has 0 bridgehead atoms. The number of nitrogens with zero attached hydrogens (tertiary/aromatic N) is 1. The van der Waals surface area contributed by atoms with Crippen molar-refractivity contribution in [1.82, 2.24) is 4.31 Å². The van der Waals surface area contributed by atoms with Gasteiger partial charge in [0.2, 0.25) is 10.0 Å². The first-order chi connectivity index (χ1) is 7.93. The Hall–Kier alpha value is -1.71. The van der Waals surface area contributed by atoms with Gasteiger partial charge in [-0.25, -0.2) is 8.42 Å². The summed E-state index contributed by atoms with van der Waals surface area (Å²) >= 11 is 0. The van der Waals surface area contributed by atoms with E-state index in [0.29, 0.717) is 5.69 Å². The number of methoxy groups -OCH3 is 1. The molecule has 6 heteroatoms. The molecule has 0 unspecified atom stereocenters. The minimum Gasteiger partial charge on any atom is -0.495 e. The number of hydrogen-bond acceptors (Lipinski definition) is 4. The topological polar surface area (TPSA) is 72.6 Å². The van der Waals surface area contributed by atoms with Crippen LogP contribution in [-0.2, 0) is 10.0 Å². The smallest absolute Gasteiger partial charge is 0.247 e. The van der Waals surface area contributed by atoms with E-state index in [0.717, 1.165) is 4.31 Å². The summed E-state index contributed by atoms with van der Waals surface area (Å²) in [6, 6.07) is 4.35. The summed E-state index contributed by atoms with van der Waals surface area (Å²) in [5.74, 6) is 2.48. The Kier molecular flexibility index (Phi) is 3.99. The van der Waals surface area contributed by atoms with Gasteiger partial charge in [0.05, 0.1) is 13.7 Å². The summed E-state index contributed by atoms with van der Waals surface area (Å²) in [5, 5.41) is 0. The van der Waals surface area contributed by atoms with E-state index in [1.165, 1.54) is 32.4 Å². The third-order valence-electron chi connectivity index (χ3n) is 2.19. The quantitative estimate of drug-likeness (QED) is 0.628.